The average Bonchev–Trinajstić information content (AvgIpc) is 2.35. The Kier molecular flexibility index (Phi) is 3.89. The summed E-state index contributed by atoms with van der Waals surface area (Å²) in [4.78, 5) is 12.0. The number of hydrogen-bond donors (Lipinski definition) is 3. The highest BCUT2D eigenvalue weighted by atomic mass is 127. The Morgan fingerprint density at radius 2 is 2.00 bits per heavy atom. The molecule has 0 aromatic heterocycles. The van der Waals surface area contributed by atoms with Crippen LogP contribution in [0.3, 0.4) is 0 Å². The van der Waals surface area contributed by atoms with E-state index in [1.165, 1.54) is 36.4 Å². The van der Waals surface area contributed by atoms with Crippen LogP contribution in [0, 0.1) is 9.39 Å². The zero-order valence-electron chi connectivity index (χ0n) is 9.65. The number of carbonyl (C=O) groups excluding carboxylic acids is 1. The normalized spacial score (nSPS) is 10.2. The monoisotopic (exact) mass is 372 g/mol. The molecule has 4 N–H and O–H groups in total. The summed E-state index contributed by atoms with van der Waals surface area (Å²) in [5.41, 5.74) is 6.58. The SMILES string of the molecule is Nc1ccc(O)cc1C(=O)Nc1ccc(F)cc1I. The Morgan fingerprint density at radius 1 is 1.26 bits per heavy atom. The van der Waals surface area contributed by atoms with Gasteiger partial charge in [-0.3, -0.25) is 4.79 Å². The molecule has 0 saturated heterocycles. The highest BCUT2D eigenvalue weighted by molar-refractivity contribution is 14.1. The topological polar surface area (TPSA) is 75.3 Å². The molecule has 4 nitrogen and oxygen atoms in total. The summed E-state index contributed by atoms with van der Waals surface area (Å²) in [6.07, 6.45) is 0. The largest absolute Gasteiger partial charge is 0.508 e. The fraction of sp³-hybridized carbons (Fsp3) is 0. The van der Waals surface area contributed by atoms with E-state index in [1.54, 1.807) is 0 Å². The molecule has 0 heterocycles. The smallest absolute Gasteiger partial charge is 0.257 e. The van der Waals surface area contributed by atoms with E-state index in [2.05, 4.69) is 5.32 Å². The third kappa shape index (κ3) is 3.14. The van der Waals surface area contributed by atoms with Crippen molar-refractivity contribution in [1.29, 1.82) is 0 Å². The van der Waals surface area contributed by atoms with Crippen LogP contribution in [0.15, 0.2) is 36.4 Å². The summed E-state index contributed by atoms with van der Waals surface area (Å²) >= 11 is 1.92. The van der Waals surface area contributed by atoms with Crippen molar-refractivity contribution in [2.24, 2.45) is 0 Å². The number of benzene rings is 2. The minimum atomic E-state index is -0.460. The minimum Gasteiger partial charge on any atom is -0.508 e. The number of halogens is 2. The molecular formula is C13H10FIN2O2. The van der Waals surface area contributed by atoms with Crippen molar-refractivity contribution >= 4 is 39.9 Å². The Hall–Kier alpha value is -1.83. The molecule has 2 rings (SSSR count). The van der Waals surface area contributed by atoms with Crippen LogP contribution in [-0.2, 0) is 0 Å². The number of rotatable bonds is 2. The Labute approximate surface area is 122 Å². The predicted molar refractivity (Wildman–Crippen MR) is 79.6 cm³/mol. The average molecular weight is 372 g/mol. The van der Waals surface area contributed by atoms with E-state index in [1.807, 2.05) is 22.6 Å². The molecule has 0 spiro atoms. The number of hydrogen-bond acceptors (Lipinski definition) is 3. The van der Waals surface area contributed by atoms with Gasteiger partial charge in [0.05, 0.1) is 11.3 Å². The summed E-state index contributed by atoms with van der Waals surface area (Å²) < 4.78 is 13.5. The van der Waals surface area contributed by atoms with Crippen molar-refractivity contribution in [2.45, 2.75) is 0 Å². The molecule has 0 fully saturated rings. The number of aromatic hydroxyl groups is 1. The molecule has 98 valence electrons. The Balaban J connectivity index is 2.28. The maximum absolute atomic E-state index is 13.0. The fourth-order valence-corrected chi connectivity index (χ4v) is 2.13. The molecule has 19 heavy (non-hydrogen) atoms. The van der Waals surface area contributed by atoms with E-state index < -0.39 is 5.91 Å². The van der Waals surface area contributed by atoms with Gasteiger partial charge in [0.25, 0.3) is 5.91 Å². The van der Waals surface area contributed by atoms with Crippen LogP contribution >= 0.6 is 22.6 Å². The number of anilines is 2. The number of nitrogens with one attached hydrogen (secondary N) is 1. The molecule has 0 bridgehead atoms. The lowest BCUT2D eigenvalue weighted by Crippen LogP contribution is -2.14. The van der Waals surface area contributed by atoms with Gasteiger partial charge in [-0.2, -0.15) is 0 Å². The Bertz CT molecular complexity index is 647. The molecule has 0 atom stereocenters. The summed E-state index contributed by atoms with van der Waals surface area (Å²) in [5.74, 6) is -0.884. The van der Waals surface area contributed by atoms with Crippen LogP contribution in [0.5, 0.6) is 5.75 Å². The molecule has 0 aliphatic heterocycles. The van der Waals surface area contributed by atoms with E-state index in [-0.39, 0.29) is 22.8 Å². The number of carbonyl (C=O) groups is 1. The quantitative estimate of drug-likeness (QED) is 0.431. The van der Waals surface area contributed by atoms with Crippen LogP contribution < -0.4 is 11.1 Å². The van der Waals surface area contributed by atoms with Crippen LogP contribution in [0.4, 0.5) is 15.8 Å². The molecule has 0 unspecified atom stereocenters. The highest BCUT2D eigenvalue weighted by Crippen LogP contribution is 2.23. The fourth-order valence-electron chi connectivity index (χ4n) is 1.52. The van der Waals surface area contributed by atoms with Gasteiger partial charge in [0, 0.05) is 9.26 Å². The van der Waals surface area contributed by atoms with Gasteiger partial charge in [0.15, 0.2) is 0 Å². The molecule has 0 aliphatic rings. The van der Waals surface area contributed by atoms with E-state index >= 15 is 0 Å². The second kappa shape index (κ2) is 5.43. The van der Waals surface area contributed by atoms with Gasteiger partial charge >= 0.3 is 0 Å². The van der Waals surface area contributed by atoms with E-state index in [0.29, 0.717) is 9.26 Å². The van der Waals surface area contributed by atoms with Crippen LogP contribution in [0.1, 0.15) is 10.4 Å². The first kappa shape index (κ1) is 13.6. The lowest BCUT2D eigenvalue weighted by Gasteiger charge is -2.09. The van der Waals surface area contributed by atoms with Gasteiger partial charge in [-0.05, 0) is 59.0 Å². The zero-order valence-corrected chi connectivity index (χ0v) is 11.8. The molecular weight excluding hydrogens is 362 g/mol. The van der Waals surface area contributed by atoms with Crippen LogP contribution in [-0.4, -0.2) is 11.0 Å². The van der Waals surface area contributed by atoms with Crippen molar-refractivity contribution in [3.05, 3.63) is 51.3 Å². The van der Waals surface area contributed by atoms with Crippen LogP contribution in [0.2, 0.25) is 0 Å². The first-order valence-corrected chi connectivity index (χ1v) is 6.40. The number of phenols is 1. The van der Waals surface area contributed by atoms with E-state index in [9.17, 15) is 14.3 Å². The molecule has 0 aliphatic carbocycles. The van der Waals surface area contributed by atoms with Gasteiger partial charge in [-0.25, -0.2) is 4.39 Å². The maximum Gasteiger partial charge on any atom is 0.257 e. The summed E-state index contributed by atoms with van der Waals surface area (Å²) in [5, 5.41) is 12.0. The van der Waals surface area contributed by atoms with Gasteiger partial charge in [0.2, 0.25) is 0 Å². The number of nitrogen functional groups attached to an aromatic ring is 1. The van der Waals surface area contributed by atoms with Crippen molar-refractivity contribution in [3.8, 4) is 5.75 Å². The molecule has 2 aromatic carbocycles. The Morgan fingerprint density at radius 3 is 2.68 bits per heavy atom. The van der Waals surface area contributed by atoms with Gasteiger partial charge in [-0.15, -0.1) is 0 Å². The third-order valence-corrected chi connectivity index (χ3v) is 3.35. The number of nitrogens with two attached hydrogens (primary N) is 1. The highest BCUT2D eigenvalue weighted by Gasteiger charge is 2.12. The second-order valence-corrected chi connectivity index (χ2v) is 5.01. The van der Waals surface area contributed by atoms with Gasteiger partial charge in [0.1, 0.15) is 11.6 Å². The second-order valence-electron chi connectivity index (χ2n) is 3.85. The van der Waals surface area contributed by atoms with E-state index in [0.717, 1.165) is 0 Å². The van der Waals surface area contributed by atoms with E-state index in [4.69, 9.17) is 5.73 Å². The maximum atomic E-state index is 13.0. The third-order valence-electron chi connectivity index (χ3n) is 2.46. The molecule has 6 heteroatoms. The standard InChI is InChI=1S/C13H10FIN2O2/c14-7-1-4-12(10(15)5-7)17-13(19)9-6-8(18)2-3-11(9)16/h1-6,18H,16H2,(H,17,19). The molecule has 1 amide bonds. The summed E-state index contributed by atoms with van der Waals surface area (Å²) in [7, 11) is 0. The van der Waals surface area contributed by atoms with Crippen molar-refractivity contribution in [2.75, 3.05) is 11.1 Å². The lowest BCUT2D eigenvalue weighted by atomic mass is 10.1. The predicted octanol–water partition coefficient (Wildman–Crippen LogP) is 2.97. The van der Waals surface area contributed by atoms with Gasteiger partial charge in [-0.1, -0.05) is 0 Å². The first-order valence-electron chi connectivity index (χ1n) is 5.32. The van der Waals surface area contributed by atoms with Crippen molar-refractivity contribution in [1.82, 2.24) is 0 Å². The molecule has 2 aromatic rings. The summed E-state index contributed by atoms with van der Waals surface area (Å²) in [6, 6.07) is 8.15. The minimum absolute atomic E-state index is 0.0480. The first-order chi connectivity index (χ1) is 8.97. The number of amides is 1. The van der Waals surface area contributed by atoms with Crippen molar-refractivity contribution < 1.29 is 14.3 Å². The zero-order chi connectivity index (χ0) is 14.0. The van der Waals surface area contributed by atoms with Crippen LogP contribution in [0.25, 0.3) is 0 Å². The lowest BCUT2D eigenvalue weighted by molar-refractivity contribution is 0.102. The summed E-state index contributed by atoms with van der Waals surface area (Å²) in [6.45, 7) is 0. The molecule has 0 radical (unpaired) electrons. The van der Waals surface area contributed by atoms with Gasteiger partial charge < -0.3 is 16.2 Å². The number of phenolic OH excluding ortho intramolecular Hbond substituents is 1. The molecule has 0 saturated carbocycles. The van der Waals surface area contributed by atoms with Crippen molar-refractivity contribution in [3.63, 3.8) is 0 Å².